The lowest BCUT2D eigenvalue weighted by Gasteiger charge is -2.36. The van der Waals surface area contributed by atoms with E-state index >= 15 is 0 Å². The fraction of sp³-hybridized carbons (Fsp3) is 0.258. The standard InChI is InChI=1S/C31H31N5O2/c1-3-23-9-18-30(32-19-23)34-27-12-16-29(17-13-27)36(31(37)38-22-24-7-5-4-6-8-24)28-14-10-25(11-15-28)26-20-33-35(2)21-26/h1,4-11,14-15,18-21,27,29H,12-13,16-17,22H2,2H3,(H,32,34). The topological polar surface area (TPSA) is 72.3 Å². The summed E-state index contributed by atoms with van der Waals surface area (Å²) in [6.45, 7) is 0.236. The van der Waals surface area contributed by atoms with Crippen molar-refractivity contribution >= 4 is 17.6 Å². The largest absolute Gasteiger partial charge is 0.444 e. The van der Waals surface area contributed by atoms with Crippen LogP contribution < -0.4 is 10.2 Å². The molecule has 2 aromatic heterocycles. The zero-order valence-corrected chi connectivity index (χ0v) is 21.5. The number of amides is 1. The first kappa shape index (κ1) is 25.1. The van der Waals surface area contributed by atoms with Gasteiger partial charge in [0.1, 0.15) is 12.4 Å². The van der Waals surface area contributed by atoms with E-state index in [0.717, 1.165) is 59.4 Å². The van der Waals surface area contributed by atoms with Crippen LogP contribution in [0.2, 0.25) is 0 Å². The maximum absolute atomic E-state index is 13.5. The molecular formula is C31H31N5O2. The SMILES string of the molecule is C#Cc1ccc(NC2CCC(N(C(=O)OCc3ccccc3)c3ccc(-c4cnn(C)c4)cc3)CC2)nc1. The molecule has 0 radical (unpaired) electrons. The van der Waals surface area contributed by atoms with Crippen molar-refractivity contribution in [2.24, 2.45) is 7.05 Å². The van der Waals surface area contributed by atoms with E-state index in [9.17, 15) is 4.79 Å². The molecule has 192 valence electrons. The molecule has 0 unspecified atom stereocenters. The highest BCUT2D eigenvalue weighted by molar-refractivity contribution is 5.88. The third-order valence-corrected chi connectivity index (χ3v) is 6.93. The van der Waals surface area contributed by atoms with E-state index in [1.54, 1.807) is 10.9 Å². The zero-order valence-electron chi connectivity index (χ0n) is 21.5. The Morgan fingerprint density at radius 2 is 1.79 bits per heavy atom. The van der Waals surface area contributed by atoms with Crippen molar-refractivity contribution in [2.45, 2.75) is 44.4 Å². The first-order valence-electron chi connectivity index (χ1n) is 12.9. The second kappa shape index (κ2) is 11.7. The number of hydrogen-bond donors (Lipinski definition) is 1. The van der Waals surface area contributed by atoms with Gasteiger partial charge in [0.25, 0.3) is 0 Å². The molecule has 2 heterocycles. The maximum Gasteiger partial charge on any atom is 0.414 e. The first-order valence-corrected chi connectivity index (χ1v) is 12.9. The Bertz CT molecular complexity index is 1380. The summed E-state index contributed by atoms with van der Waals surface area (Å²) in [7, 11) is 1.90. The number of carbonyl (C=O) groups is 1. The predicted molar refractivity (Wildman–Crippen MR) is 150 cm³/mol. The molecule has 0 spiro atoms. The van der Waals surface area contributed by atoms with Crippen molar-refractivity contribution in [2.75, 3.05) is 10.2 Å². The van der Waals surface area contributed by atoms with Crippen LogP contribution >= 0.6 is 0 Å². The number of anilines is 2. The fourth-order valence-electron chi connectivity index (χ4n) is 4.89. The molecule has 0 saturated heterocycles. The molecule has 1 aliphatic rings. The summed E-state index contributed by atoms with van der Waals surface area (Å²) in [5.41, 5.74) is 4.64. The average molecular weight is 506 g/mol. The fourth-order valence-corrected chi connectivity index (χ4v) is 4.89. The molecular weight excluding hydrogens is 474 g/mol. The van der Waals surface area contributed by atoms with Crippen molar-refractivity contribution in [1.82, 2.24) is 14.8 Å². The summed E-state index contributed by atoms with van der Waals surface area (Å²) in [4.78, 5) is 19.7. The van der Waals surface area contributed by atoms with Crippen LogP contribution in [-0.4, -0.2) is 32.9 Å². The van der Waals surface area contributed by atoms with Crippen molar-refractivity contribution < 1.29 is 9.53 Å². The summed E-state index contributed by atoms with van der Waals surface area (Å²) in [5.74, 6) is 3.41. The highest BCUT2D eigenvalue weighted by Gasteiger charge is 2.31. The molecule has 5 rings (SSSR count). The van der Waals surface area contributed by atoms with Crippen LogP contribution in [0, 0.1) is 12.3 Å². The van der Waals surface area contributed by atoms with Crippen molar-refractivity contribution in [3.63, 3.8) is 0 Å². The highest BCUT2D eigenvalue weighted by Crippen LogP contribution is 2.31. The van der Waals surface area contributed by atoms with Gasteiger partial charge in [0.15, 0.2) is 0 Å². The van der Waals surface area contributed by atoms with Crippen LogP contribution in [0.15, 0.2) is 85.3 Å². The van der Waals surface area contributed by atoms with Crippen LogP contribution in [0.3, 0.4) is 0 Å². The van der Waals surface area contributed by atoms with Crippen molar-refractivity contribution in [3.05, 3.63) is 96.4 Å². The minimum absolute atomic E-state index is 0.0392. The van der Waals surface area contributed by atoms with Crippen LogP contribution in [0.25, 0.3) is 11.1 Å². The van der Waals surface area contributed by atoms with E-state index in [1.807, 2.05) is 91.1 Å². The number of aromatic nitrogens is 3. The number of hydrogen-bond acceptors (Lipinski definition) is 5. The van der Waals surface area contributed by atoms with E-state index in [1.165, 1.54) is 0 Å². The van der Waals surface area contributed by atoms with E-state index in [-0.39, 0.29) is 24.8 Å². The van der Waals surface area contributed by atoms with Gasteiger partial charge in [-0.15, -0.1) is 6.42 Å². The first-order chi connectivity index (χ1) is 18.6. The molecule has 1 saturated carbocycles. The molecule has 1 amide bonds. The lowest BCUT2D eigenvalue weighted by Crippen LogP contribution is -2.44. The molecule has 1 aliphatic carbocycles. The van der Waals surface area contributed by atoms with Crippen LogP contribution in [0.1, 0.15) is 36.8 Å². The second-order valence-electron chi connectivity index (χ2n) is 9.59. The number of terminal acetylenes is 1. The van der Waals surface area contributed by atoms with Gasteiger partial charge >= 0.3 is 6.09 Å². The van der Waals surface area contributed by atoms with Gasteiger partial charge in [-0.1, -0.05) is 48.4 Å². The van der Waals surface area contributed by atoms with Crippen molar-refractivity contribution in [3.8, 4) is 23.5 Å². The zero-order chi connectivity index (χ0) is 26.3. The van der Waals surface area contributed by atoms with Crippen molar-refractivity contribution in [1.29, 1.82) is 0 Å². The van der Waals surface area contributed by atoms with Gasteiger partial charge in [-0.3, -0.25) is 9.58 Å². The Hall–Kier alpha value is -4.57. The Labute approximate surface area is 223 Å². The van der Waals surface area contributed by atoms with E-state index in [2.05, 4.69) is 21.3 Å². The summed E-state index contributed by atoms with van der Waals surface area (Å²) in [5, 5.41) is 7.78. The van der Waals surface area contributed by atoms with Gasteiger partial charge in [-0.2, -0.15) is 5.10 Å². The lowest BCUT2D eigenvalue weighted by atomic mass is 9.90. The molecule has 38 heavy (non-hydrogen) atoms. The van der Waals surface area contributed by atoms with Gasteiger partial charge in [-0.25, -0.2) is 9.78 Å². The quantitative estimate of drug-likeness (QED) is 0.311. The maximum atomic E-state index is 13.5. The van der Waals surface area contributed by atoms with Gasteiger partial charge in [0.05, 0.1) is 6.20 Å². The Morgan fingerprint density at radius 1 is 1.03 bits per heavy atom. The number of aryl methyl sites for hydroxylation is 1. The number of benzene rings is 2. The smallest absolute Gasteiger partial charge is 0.414 e. The summed E-state index contributed by atoms with van der Waals surface area (Å²) in [6, 6.07) is 21.9. The predicted octanol–water partition coefficient (Wildman–Crippen LogP) is 6.03. The van der Waals surface area contributed by atoms with Crippen LogP contribution in [0.5, 0.6) is 0 Å². The third kappa shape index (κ3) is 6.04. The molecule has 0 atom stereocenters. The van der Waals surface area contributed by atoms with Gasteiger partial charge < -0.3 is 10.1 Å². The van der Waals surface area contributed by atoms with Gasteiger partial charge in [0, 0.05) is 48.3 Å². The Morgan fingerprint density at radius 3 is 2.42 bits per heavy atom. The minimum atomic E-state index is -0.328. The molecule has 1 N–H and O–H groups in total. The number of nitrogens with zero attached hydrogens (tertiary/aromatic N) is 4. The average Bonchev–Trinajstić information content (AvgIpc) is 3.40. The third-order valence-electron chi connectivity index (χ3n) is 6.93. The summed E-state index contributed by atoms with van der Waals surface area (Å²) < 4.78 is 7.57. The lowest BCUT2D eigenvalue weighted by molar-refractivity contribution is 0.142. The summed E-state index contributed by atoms with van der Waals surface area (Å²) in [6.07, 6.45) is 14.2. The number of rotatable bonds is 7. The molecule has 2 aromatic carbocycles. The molecule has 4 aromatic rings. The number of nitrogens with one attached hydrogen (secondary N) is 1. The van der Waals surface area contributed by atoms with E-state index in [0.29, 0.717) is 0 Å². The number of pyridine rings is 1. The molecule has 0 bridgehead atoms. The second-order valence-corrected chi connectivity index (χ2v) is 9.59. The number of ether oxygens (including phenoxy) is 1. The van der Waals surface area contributed by atoms with Gasteiger partial charge in [0.2, 0.25) is 0 Å². The van der Waals surface area contributed by atoms with Crippen LogP contribution in [-0.2, 0) is 18.4 Å². The minimum Gasteiger partial charge on any atom is -0.444 e. The Balaban J connectivity index is 1.29. The number of carbonyl (C=O) groups excluding carboxylic acids is 1. The van der Waals surface area contributed by atoms with E-state index < -0.39 is 0 Å². The molecule has 7 heteroatoms. The molecule has 7 nitrogen and oxygen atoms in total. The highest BCUT2D eigenvalue weighted by atomic mass is 16.6. The van der Waals surface area contributed by atoms with E-state index in [4.69, 9.17) is 11.2 Å². The molecule has 0 aliphatic heterocycles. The normalized spacial score (nSPS) is 16.8. The van der Waals surface area contributed by atoms with Gasteiger partial charge in [-0.05, 0) is 61.1 Å². The van der Waals surface area contributed by atoms with Crippen LogP contribution in [0.4, 0.5) is 16.3 Å². The summed E-state index contributed by atoms with van der Waals surface area (Å²) >= 11 is 0. The molecule has 1 fully saturated rings. The Kier molecular flexibility index (Phi) is 7.70. The monoisotopic (exact) mass is 505 g/mol.